The summed E-state index contributed by atoms with van der Waals surface area (Å²) in [7, 11) is 1.73. The van der Waals surface area contributed by atoms with Gasteiger partial charge in [-0.15, -0.1) is 0 Å². The summed E-state index contributed by atoms with van der Waals surface area (Å²) in [5.74, 6) is 0.743. The molecule has 1 fully saturated rings. The molecule has 0 aromatic heterocycles. The average molecular weight is 433 g/mol. The summed E-state index contributed by atoms with van der Waals surface area (Å²) >= 11 is 0. The van der Waals surface area contributed by atoms with Gasteiger partial charge in [-0.3, -0.25) is 14.7 Å². The van der Waals surface area contributed by atoms with Crippen LogP contribution in [0.25, 0.3) is 0 Å². The number of alkyl halides is 2. The molecular formula is C25H34F2N2O2. The smallest absolute Gasteiger partial charge is 0.261 e. The molecule has 1 unspecified atom stereocenters. The van der Waals surface area contributed by atoms with E-state index in [-0.39, 0.29) is 17.4 Å². The van der Waals surface area contributed by atoms with Gasteiger partial charge in [0, 0.05) is 12.5 Å². The zero-order valence-electron chi connectivity index (χ0n) is 19.1. The number of fused-ring (bicyclic) bond motifs is 3. The minimum absolute atomic E-state index is 0.187. The van der Waals surface area contributed by atoms with Crippen LogP contribution in [0.4, 0.5) is 8.78 Å². The lowest BCUT2D eigenvalue weighted by molar-refractivity contribution is -0.139. The molecule has 4 rings (SSSR count). The van der Waals surface area contributed by atoms with Gasteiger partial charge in [0.05, 0.1) is 12.6 Å². The number of nitrogens with zero attached hydrogens (tertiary/aromatic N) is 2. The van der Waals surface area contributed by atoms with Crippen LogP contribution in [-0.4, -0.2) is 42.8 Å². The van der Waals surface area contributed by atoms with Gasteiger partial charge in [-0.25, -0.2) is 8.78 Å². The van der Waals surface area contributed by atoms with Crippen molar-refractivity contribution in [1.82, 2.24) is 4.90 Å². The molecule has 31 heavy (non-hydrogen) atoms. The first-order chi connectivity index (χ1) is 14.7. The molecular weight excluding hydrogens is 398 g/mol. The highest BCUT2D eigenvalue weighted by atomic mass is 19.3. The minimum atomic E-state index is -2.58. The quantitative estimate of drug-likeness (QED) is 0.626. The van der Waals surface area contributed by atoms with Gasteiger partial charge in [-0.05, 0) is 74.5 Å². The third-order valence-corrected chi connectivity index (χ3v) is 7.69. The molecule has 1 amide bonds. The van der Waals surface area contributed by atoms with Gasteiger partial charge >= 0.3 is 0 Å². The first-order valence-electron chi connectivity index (χ1n) is 11.5. The van der Waals surface area contributed by atoms with Crippen molar-refractivity contribution in [3.05, 3.63) is 34.9 Å². The normalized spacial score (nSPS) is 30.2. The third-order valence-electron chi connectivity index (χ3n) is 7.69. The van der Waals surface area contributed by atoms with Crippen LogP contribution in [0.2, 0.25) is 0 Å². The number of rotatable bonds is 6. The summed E-state index contributed by atoms with van der Waals surface area (Å²) in [5.41, 5.74) is 1.85. The van der Waals surface area contributed by atoms with Crippen molar-refractivity contribution in [1.29, 1.82) is 0 Å². The number of amidine groups is 1. The van der Waals surface area contributed by atoms with E-state index in [1.165, 1.54) is 10.5 Å². The Kier molecular flexibility index (Phi) is 5.97. The molecule has 0 bridgehead atoms. The second-order valence-electron chi connectivity index (χ2n) is 9.99. The fraction of sp³-hybridized carbons (Fsp3) is 0.680. The number of hydrogen-bond acceptors (Lipinski definition) is 3. The van der Waals surface area contributed by atoms with Crippen LogP contribution in [0.15, 0.2) is 23.2 Å². The summed E-state index contributed by atoms with van der Waals surface area (Å²) < 4.78 is 32.2. The Balaban J connectivity index is 1.79. The number of benzene rings is 1. The van der Waals surface area contributed by atoms with Crippen molar-refractivity contribution in [3.8, 4) is 0 Å². The van der Waals surface area contributed by atoms with E-state index in [1.807, 2.05) is 0 Å². The first-order valence-corrected chi connectivity index (χ1v) is 11.5. The maximum absolute atomic E-state index is 13.9. The highest BCUT2D eigenvalue weighted by molar-refractivity contribution is 6.09. The Labute approximate surface area is 184 Å². The minimum Gasteiger partial charge on any atom is -0.381 e. The molecule has 1 atom stereocenters. The molecule has 2 aliphatic carbocycles. The fourth-order valence-corrected chi connectivity index (χ4v) is 5.99. The third kappa shape index (κ3) is 3.61. The van der Waals surface area contributed by atoms with Crippen molar-refractivity contribution < 1.29 is 18.3 Å². The number of aliphatic imine (C=N–C) groups is 1. The van der Waals surface area contributed by atoms with Gasteiger partial charge in [0.25, 0.3) is 12.3 Å². The maximum atomic E-state index is 13.9. The standard InChI is InChI=1S/C25H34F2N2O2/c1-16(2)5-6-18-7-8-19-14-24(11-9-20(31-4)10-12-24)25(21(19)13-18)23(30)29(15-22(26)27)17(3)28-25/h7-8,13,16,20,22H,5-6,9-12,14-15H2,1-4H3. The van der Waals surface area contributed by atoms with Gasteiger partial charge in [0.15, 0.2) is 5.54 Å². The Morgan fingerprint density at radius 1 is 1.26 bits per heavy atom. The van der Waals surface area contributed by atoms with Crippen LogP contribution < -0.4 is 0 Å². The zero-order chi connectivity index (χ0) is 22.4. The largest absolute Gasteiger partial charge is 0.381 e. The molecule has 1 saturated carbocycles. The number of methoxy groups -OCH3 is 1. The molecule has 4 nitrogen and oxygen atoms in total. The van der Waals surface area contributed by atoms with Gasteiger partial charge < -0.3 is 4.74 Å². The molecule has 6 heteroatoms. The summed E-state index contributed by atoms with van der Waals surface area (Å²) in [6, 6.07) is 6.47. The van der Waals surface area contributed by atoms with Crippen molar-refractivity contribution in [2.75, 3.05) is 13.7 Å². The number of halogens is 2. The van der Waals surface area contributed by atoms with Crippen LogP contribution in [0.3, 0.4) is 0 Å². The monoisotopic (exact) mass is 432 g/mol. The van der Waals surface area contributed by atoms with Gasteiger partial charge in [-0.2, -0.15) is 0 Å². The van der Waals surface area contributed by atoms with Crippen LogP contribution in [-0.2, 0) is 27.9 Å². The molecule has 170 valence electrons. The van der Waals surface area contributed by atoms with E-state index in [1.54, 1.807) is 14.0 Å². The second-order valence-corrected chi connectivity index (χ2v) is 9.99. The molecule has 1 heterocycles. The topological polar surface area (TPSA) is 41.9 Å². The van der Waals surface area contributed by atoms with Gasteiger partial charge in [-0.1, -0.05) is 32.0 Å². The van der Waals surface area contributed by atoms with Crippen LogP contribution >= 0.6 is 0 Å². The van der Waals surface area contributed by atoms with E-state index in [9.17, 15) is 13.6 Å². The van der Waals surface area contributed by atoms with E-state index in [4.69, 9.17) is 9.73 Å². The lowest BCUT2D eigenvalue weighted by atomic mass is 9.61. The number of aryl methyl sites for hydroxylation is 1. The Bertz CT molecular complexity index is 874. The van der Waals surface area contributed by atoms with Crippen molar-refractivity contribution >= 4 is 11.7 Å². The molecule has 2 spiro atoms. The summed E-state index contributed by atoms with van der Waals surface area (Å²) in [4.78, 5) is 20.1. The number of ether oxygens (including phenoxy) is 1. The molecule has 1 aliphatic heterocycles. The average Bonchev–Trinajstić information content (AvgIpc) is 3.13. The van der Waals surface area contributed by atoms with E-state index in [0.717, 1.165) is 56.1 Å². The number of hydrogen-bond donors (Lipinski definition) is 0. The van der Waals surface area contributed by atoms with Crippen LogP contribution in [0.5, 0.6) is 0 Å². The first kappa shape index (κ1) is 22.4. The Morgan fingerprint density at radius 2 is 1.97 bits per heavy atom. The molecule has 3 aliphatic rings. The molecule has 0 saturated heterocycles. The highest BCUT2D eigenvalue weighted by Crippen LogP contribution is 2.62. The maximum Gasteiger partial charge on any atom is 0.261 e. The van der Waals surface area contributed by atoms with E-state index in [0.29, 0.717) is 11.8 Å². The Hall–Kier alpha value is -1.82. The molecule has 1 aromatic rings. The van der Waals surface area contributed by atoms with Crippen molar-refractivity contribution in [2.45, 2.75) is 83.8 Å². The van der Waals surface area contributed by atoms with E-state index < -0.39 is 18.5 Å². The number of amides is 1. The molecule has 0 radical (unpaired) electrons. The highest BCUT2D eigenvalue weighted by Gasteiger charge is 2.66. The summed E-state index contributed by atoms with van der Waals surface area (Å²) in [6.45, 7) is 5.52. The van der Waals surface area contributed by atoms with E-state index >= 15 is 0 Å². The summed E-state index contributed by atoms with van der Waals surface area (Å²) in [6.07, 6.45) is 3.74. The lowest BCUT2D eigenvalue weighted by Crippen LogP contribution is -2.52. The Morgan fingerprint density at radius 3 is 2.58 bits per heavy atom. The van der Waals surface area contributed by atoms with E-state index in [2.05, 4.69) is 32.0 Å². The predicted octanol–water partition coefficient (Wildman–Crippen LogP) is 5.13. The second kappa shape index (κ2) is 8.27. The molecule has 0 N–H and O–H groups in total. The number of carbonyl (C=O) groups is 1. The van der Waals surface area contributed by atoms with Gasteiger partial charge in [0.2, 0.25) is 0 Å². The van der Waals surface area contributed by atoms with Crippen LogP contribution in [0, 0.1) is 11.3 Å². The van der Waals surface area contributed by atoms with Crippen molar-refractivity contribution in [3.63, 3.8) is 0 Å². The number of carbonyl (C=O) groups excluding carboxylic acids is 1. The zero-order valence-corrected chi connectivity index (χ0v) is 19.1. The predicted molar refractivity (Wildman–Crippen MR) is 118 cm³/mol. The van der Waals surface area contributed by atoms with Crippen molar-refractivity contribution in [2.24, 2.45) is 16.3 Å². The fourth-order valence-electron chi connectivity index (χ4n) is 5.99. The lowest BCUT2D eigenvalue weighted by Gasteiger charge is -2.45. The summed E-state index contributed by atoms with van der Waals surface area (Å²) in [5, 5.41) is 0. The van der Waals surface area contributed by atoms with Gasteiger partial charge in [0.1, 0.15) is 5.84 Å². The molecule has 1 aromatic carbocycles. The van der Waals surface area contributed by atoms with Crippen LogP contribution in [0.1, 0.15) is 69.6 Å². The SMILES string of the molecule is COC1CCC2(CC1)Cc1ccc(CCC(C)C)cc1C21N=C(C)N(CC(F)F)C1=O.